The maximum Gasteiger partial charge on any atom is 0.251 e. The van der Waals surface area contributed by atoms with Crippen LogP contribution >= 0.6 is 0 Å². The van der Waals surface area contributed by atoms with Gasteiger partial charge in [0, 0.05) is 25.2 Å². The molecule has 140 valence electrons. The van der Waals surface area contributed by atoms with E-state index in [9.17, 15) is 13.2 Å². The zero-order valence-electron chi connectivity index (χ0n) is 14.9. The standard InChI is InChI=1S/C20H21N3O3S/c21-14-16-4-8-18(9-5-16)20(24)22-15-17-6-10-19(11-7-17)27(25,26)23-12-2-1-3-13-23/h4-11H,1-3,12-13,15H2,(H,22,24). The van der Waals surface area contributed by atoms with Crippen LogP contribution in [0.25, 0.3) is 0 Å². The maximum atomic E-state index is 12.6. The average Bonchev–Trinajstić information content (AvgIpc) is 2.73. The quantitative estimate of drug-likeness (QED) is 0.859. The molecule has 2 aromatic carbocycles. The Morgan fingerprint density at radius 2 is 1.63 bits per heavy atom. The summed E-state index contributed by atoms with van der Waals surface area (Å²) in [5, 5.41) is 11.6. The van der Waals surface area contributed by atoms with E-state index < -0.39 is 10.0 Å². The van der Waals surface area contributed by atoms with Gasteiger partial charge in [0.1, 0.15) is 0 Å². The van der Waals surface area contributed by atoms with E-state index in [1.165, 1.54) is 4.31 Å². The topological polar surface area (TPSA) is 90.3 Å². The summed E-state index contributed by atoms with van der Waals surface area (Å²) in [5.74, 6) is -0.246. The van der Waals surface area contributed by atoms with E-state index in [0.29, 0.717) is 30.8 Å². The Bertz CT molecular complexity index is 939. The van der Waals surface area contributed by atoms with Crippen molar-refractivity contribution in [1.29, 1.82) is 5.26 Å². The molecule has 0 aromatic heterocycles. The minimum atomic E-state index is -3.44. The maximum absolute atomic E-state index is 12.6. The molecule has 1 N–H and O–H groups in total. The number of carbonyl (C=O) groups is 1. The molecule has 3 rings (SSSR count). The molecule has 1 heterocycles. The number of benzene rings is 2. The summed E-state index contributed by atoms with van der Waals surface area (Å²) in [6.45, 7) is 1.44. The molecule has 2 aromatic rings. The number of hydrogen-bond donors (Lipinski definition) is 1. The summed E-state index contributed by atoms with van der Waals surface area (Å²) >= 11 is 0. The third kappa shape index (κ3) is 4.54. The van der Waals surface area contributed by atoms with Gasteiger partial charge in [0.15, 0.2) is 0 Å². The van der Waals surface area contributed by atoms with E-state index in [4.69, 9.17) is 5.26 Å². The van der Waals surface area contributed by atoms with E-state index >= 15 is 0 Å². The first-order chi connectivity index (χ1) is 13.0. The third-order valence-corrected chi connectivity index (χ3v) is 6.52. The Balaban J connectivity index is 1.62. The van der Waals surface area contributed by atoms with Gasteiger partial charge in [-0.05, 0) is 54.8 Å². The van der Waals surface area contributed by atoms with Crippen molar-refractivity contribution < 1.29 is 13.2 Å². The van der Waals surface area contributed by atoms with Crippen molar-refractivity contribution in [3.63, 3.8) is 0 Å². The van der Waals surface area contributed by atoms with Crippen LogP contribution in [-0.2, 0) is 16.6 Å². The van der Waals surface area contributed by atoms with Gasteiger partial charge >= 0.3 is 0 Å². The van der Waals surface area contributed by atoms with Gasteiger partial charge in [0.05, 0.1) is 16.5 Å². The molecule has 0 spiro atoms. The molecule has 1 saturated heterocycles. The van der Waals surface area contributed by atoms with Gasteiger partial charge < -0.3 is 5.32 Å². The third-order valence-electron chi connectivity index (χ3n) is 4.61. The molecule has 0 atom stereocenters. The van der Waals surface area contributed by atoms with Crippen molar-refractivity contribution >= 4 is 15.9 Å². The lowest BCUT2D eigenvalue weighted by Gasteiger charge is -2.25. The van der Waals surface area contributed by atoms with Crippen molar-refractivity contribution in [2.45, 2.75) is 30.7 Å². The van der Waals surface area contributed by atoms with Crippen LogP contribution in [0.4, 0.5) is 0 Å². The smallest absolute Gasteiger partial charge is 0.251 e. The number of carbonyl (C=O) groups excluding carboxylic acids is 1. The molecule has 1 aliphatic heterocycles. The zero-order chi connectivity index (χ0) is 19.3. The van der Waals surface area contributed by atoms with Gasteiger partial charge in [0.25, 0.3) is 5.91 Å². The van der Waals surface area contributed by atoms with Gasteiger partial charge in [-0.3, -0.25) is 4.79 Å². The predicted octanol–water partition coefficient (Wildman–Crippen LogP) is 2.66. The van der Waals surface area contributed by atoms with Gasteiger partial charge in [-0.1, -0.05) is 18.6 Å². The van der Waals surface area contributed by atoms with E-state index in [2.05, 4.69) is 5.32 Å². The number of amides is 1. The summed E-state index contributed by atoms with van der Waals surface area (Å²) in [6, 6.07) is 15.0. The molecule has 0 unspecified atom stereocenters. The number of sulfonamides is 1. The van der Waals surface area contributed by atoms with Gasteiger partial charge in [-0.15, -0.1) is 0 Å². The van der Waals surface area contributed by atoms with E-state index in [-0.39, 0.29) is 10.8 Å². The fraction of sp³-hybridized carbons (Fsp3) is 0.300. The Morgan fingerprint density at radius 3 is 2.22 bits per heavy atom. The first-order valence-electron chi connectivity index (χ1n) is 8.88. The molecule has 27 heavy (non-hydrogen) atoms. The molecule has 0 aliphatic carbocycles. The Morgan fingerprint density at radius 1 is 1.00 bits per heavy atom. The van der Waals surface area contributed by atoms with Crippen molar-refractivity contribution in [2.75, 3.05) is 13.1 Å². The van der Waals surface area contributed by atoms with E-state index in [0.717, 1.165) is 24.8 Å². The van der Waals surface area contributed by atoms with Crippen LogP contribution in [0, 0.1) is 11.3 Å². The average molecular weight is 383 g/mol. The van der Waals surface area contributed by atoms with Crippen LogP contribution < -0.4 is 5.32 Å². The Hall–Kier alpha value is -2.69. The number of nitrogens with one attached hydrogen (secondary N) is 1. The fourth-order valence-electron chi connectivity index (χ4n) is 3.01. The summed E-state index contributed by atoms with van der Waals surface area (Å²) in [7, 11) is -3.44. The first-order valence-corrected chi connectivity index (χ1v) is 10.3. The lowest BCUT2D eigenvalue weighted by atomic mass is 10.1. The SMILES string of the molecule is N#Cc1ccc(C(=O)NCc2ccc(S(=O)(=O)N3CCCCC3)cc2)cc1. The lowest BCUT2D eigenvalue weighted by molar-refractivity contribution is 0.0951. The summed E-state index contributed by atoms with van der Waals surface area (Å²) < 4.78 is 26.8. The van der Waals surface area contributed by atoms with Crippen LogP contribution in [-0.4, -0.2) is 31.7 Å². The molecule has 6 nitrogen and oxygen atoms in total. The number of nitrogens with zero attached hydrogens (tertiary/aromatic N) is 2. The van der Waals surface area contributed by atoms with Crippen LogP contribution in [0.1, 0.15) is 40.7 Å². The number of piperidine rings is 1. The normalized spacial score (nSPS) is 15.1. The minimum Gasteiger partial charge on any atom is -0.348 e. The van der Waals surface area contributed by atoms with Gasteiger partial charge in [-0.25, -0.2) is 8.42 Å². The monoisotopic (exact) mass is 383 g/mol. The second-order valence-electron chi connectivity index (χ2n) is 6.48. The number of nitriles is 1. The molecule has 0 bridgehead atoms. The second kappa shape index (κ2) is 8.33. The summed E-state index contributed by atoms with van der Waals surface area (Å²) in [4.78, 5) is 12.4. The lowest BCUT2D eigenvalue weighted by Crippen LogP contribution is -2.35. The van der Waals surface area contributed by atoms with Crippen molar-refractivity contribution in [1.82, 2.24) is 9.62 Å². The van der Waals surface area contributed by atoms with Gasteiger partial charge in [-0.2, -0.15) is 9.57 Å². The second-order valence-corrected chi connectivity index (χ2v) is 8.42. The van der Waals surface area contributed by atoms with Crippen molar-refractivity contribution in [2.24, 2.45) is 0 Å². The molecular weight excluding hydrogens is 362 g/mol. The molecule has 7 heteroatoms. The highest BCUT2D eigenvalue weighted by atomic mass is 32.2. The summed E-state index contributed by atoms with van der Waals surface area (Å²) in [5.41, 5.74) is 1.78. The van der Waals surface area contributed by atoms with Gasteiger partial charge in [0.2, 0.25) is 10.0 Å². The minimum absolute atomic E-state index is 0.246. The Kier molecular flexibility index (Phi) is 5.89. The van der Waals surface area contributed by atoms with Crippen LogP contribution in [0.2, 0.25) is 0 Å². The fourth-order valence-corrected chi connectivity index (χ4v) is 4.53. The Labute approximate surface area is 159 Å². The van der Waals surface area contributed by atoms with E-state index in [1.54, 1.807) is 48.5 Å². The zero-order valence-corrected chi connectivity index (χ0v) is 15.7. The van der Waals surface area contributed by atoms with Crippen molar-refractivity contribution in [3.8, 4) is 6.07 Å². The van der Waals surface area contributed by atoms with Crippen LogP contribution in [0.15, 0.2) is 53.4 Å². The molecule has 0 saturated carbocycles. The number of hydrogen-bond acceptors (Lipinski definition) is 4. The highest BCUT2D eigenvalue weighted by Gasteiger charge is 2.25. The number of rotatable bonds is 5. The highest BCUT2D eigenvalue weighted by molar-refractivity contribution is 7.89. The van der Waals surface area contributed by atoms with E-state index in [1.807, 2.05) is 6.07 Å². The van der Waals surface area contributed by atoms with Crippen LogP contribution in [0.3, 0.4) is 0 Å². The van der Waals surface area contributed by atoms with Crippen LogP contribution in [0.5, 0.6) is 0 Å². The first kappa shape index (κ1) is 19.1. The largest absolute Gasteiger partial charge is 0.348 e. The highest BCUT2D eigenvalue weighted by Crippen LogP contribution is 2.20. The molecule has 1 fully saturated rings. The molecular formula is C20H21N3O3S. The summed E-state index contributed by atoms with van der Waals surface area (Å²) in [6.07, 6.45) is 2.88. The van der Waals surface area contributed by atoms with Crippen molar-refractivity contribution in [3.05, 3.63) is 65.2 Å². The predicted molar refractivity (Wildman–Crippen MR) is 101 cm³/mol. The molecule has 0 radical (unpaired) electrons. The molecule has 1 amide bonds. The molecule has 1 aliphatic rings.